The van der Waals surface area contributed by atoms with Crippen molar-refractivity contribution >= 4 is 0 Å². The second-order valence-corrected chi connectivity index (χ2v) is 0.773. The van der Waals surface area contributed by atoms with E-state index in [1.54, 1.807) is 0 Å². The number of rotatable bonds is 0. The second-order valence-electron chi connectivity index (χ2n) is 0.773. The van der Waals surface area contributed by atoms with Gasteiger partial charge < -0.3 is 5.11 Å². The van der Waals surface area contributed by atoms with E-state index in [9.17, 15) is 13.2 Å². The first-order valence-corrected chi connectivity index (χ1v) is 1.24. The Hall–Kier alpha value is 0.373. The minimum absolute atomic E-state index is 0. The first kappa shape index (κ1) is 10.4. The largest absolute Gasteiger partial charge is 0.411 e. The Balaban J connectivity index is 0. The fourth-order valence-corrected chi connectivity index (χ4v) is 0. The molecule has 46 valence electrons. The van der Waals surface area contributed by atoms with Crippen LogP contribution in [-0.2, 0) is 19.5 Å². The van der Waals surface area contributed by atoms with Gasteiger partial charge in [-0.1, -0.05) is 0 Å². The molecule has 0 rings (SSSR count). The van der Waals surface area contributed by atoms with E-state index in [-0.39, 0.29) is 19.5 Å². The maximum Gasteiger partial charge on any atom is 0.411 e. The summed E-state index contributed by atoms with van der Waals surface area (Å²) >= 11 is 0. The zero-order valence-corrected chi connectivity index (χ0v) is 4.88. The monoisotopic (exact) mass is 202 g/mol. The summed E-state index contributed by atoms with van der Waals surface area (Å²) in [6.45, 7) is -1.73. The third-order valence-electron chi connectivity index (χ3n) is 0.179. The van der Waals surface area contributed by atoms with Crippen LogP contribution in [-0.4, -0.2) is 17.9 Å². The summed E-state index contributed by atoms with van der Waals surface area (Å²) in [7, 11) is 0. The Morgan fingerprint density at radius 2 is 1.43 bits per heavy atom. The van der Waals surface area contributed by atoms with Crippen molar-refractivity contribution in [1.82, 2.24) is 0 Å². The molecule has 0 aromatic carbocycles. The van der Waals surface area contributed by atoms with Crippen molar-refractivity contribution in [3.05, 3.63) is 0 Å². The fourth-order valence-electron chi connectivity index (χ4n) is 0. The Morgan fingerprint density at radius 3 is 1.43 bits per heavy atom. The van der Waals surface area contributed by atoms with Gasteiger partial charge in [0.1, 0.15) is 6.61 Å². The van der Waals surface area contributed by atoms with Crippen LogP contribution in [0.1, 0.15) is 0 Å². The van der Waals surface area contributed by atoms with E-state index in [0.29, 0.717) is 0 Å². The van der Waals surface area contributed by atoms with Crippen molar-refractivity contribution in [3.8, 4) is 0 Å². The molecule has 0 aliphatic carbocycles. The van der Waals surface area contributed by atoms with Gasteiger partial charge in [0.25, 0.3) is 0 Å². The van der Waals surface area contributed by atoms with Gasteiger partial charge in [-0.2, -0.15) is 13.2 Å². The van der Waals surface area contributed by atoms with Gasteiger partial charge in [0.2, 0.25) is 0 Å². The van der Waals surface area contributed by atoms with Crippen molar-refractivity contribution in [3.63, 3.8) is 0 Å². The zero-order chi connectivity index (χ0) is 5.21. The first-order valence-electron chi connectivity index (χ1n) is 1.24. The molecule has 0 heterocycles. The average Bonchev–Trinajstić information content (AvgIpc) is 1.35. The Morgan fingerprint density at radius 1 is 1.29 bits per heavy atom. The van der Waals surface area contributed by atoms with Crippen LogP contribution in [0.25, 0.3) is 0 Å². The van der Waals surface area contributed by atoms with Gasteiger partial charge in [-0.25, -0.2) is 0 Å². The maximum absolute atomic E-state index is 10.5. The normalized spacial score (nSPS) is 10.3. The van der Waals surface area contributed by atoms with Crippen LogP contribution >= 0.6 is 0 Å². The summed E-state index contributed by atoms with van der Waals surface area (Å²) in [5.41, 5.74) is 0. The van der Waals surface area contributed by atoms with E-state index in [0.717, 1.165) is 0 Å². The number of hydrogen-bond acceptors (Lipinski definition) is 1. The molecule has 1 nitrogen and oxygen atoms in total. The van der Waals surface area contributed by atoms with E-state index in [2.05, 4.69) is 0 Å². The average molecular weight is 201 g/mol. The quantitative estimate of drug-likeness (QED) is 0.567. The van der Waals surface area contributed by atoms with E-state index < -0.39 is 12.8 Å². The molecule has 0 aromatic rings. The smallest absolute Gasteiger partial charge is 0.387 e. The van der Waals surface area contributed by atoms with Crippen molar-refractivity contribution in [2.75, 3.05) is 6.61 Å². The van der Waals surface area contributed by atoms with Crippen LogP contribution in [0.15, 0.2) is 0 Å². The molecule has 0 aliphatic rings. The van der Waals surface area contributed by atoms with Crippen LogP contribution in [0.5, 0.6) is 0 Å². The summed E-state index contributed by atoms with van der Waals surface area (Å²) < 4.78 is 31.6. The second kappa shape index (κ2) is 3.38. The van der Waals surface area contributed by atoms with Crippen molar-refractivity contribution < 1.29 is 37.8 Å². The number of halogens is 3. The summed E-state index contributed by atoms with van der Waals surface area (Å²) in [5, 5.41) is 7.28. The van der Waals surface area contributed by atoms with Crippen molar-refractivity contribution in [2.24, 2.45) is 0 Å². The molecule has 0 fully saturated rings. The van der Waals surface area contributed by atoms with Gasteiger partial charge in [0.15, 0.2) is 0 Å². The zero-order valence-electron chi connectivity index (χ0n) is 3.14. The van der Waals surface area contributed by atoms with E-state index >= 15 is 0 Å². The molecule has 0 aliphatic heterocycles. The third kappa shape index (κ3) is 10.7. The summed E-state index contributed by atoms with van der Waals surface area (Å²) in [6.07, 6.45) is -4.40. The third-order valence-corrected chi connectivity index (χ3v) is 0.179. The molecule has 0 saturated carbocycles. The van der Waals surface area contributed by atoms with Gasteiger partial charge >= 0.3 is 6.18 Å². The molecule has 7 heavy (non-hydrogen) atoms. The van der Waals surface area contributed by atoms with E-state index in [4.69, 9.17) is 5.11 Å². The van der Waals surface area contributed by atoms with Crippen LogP contribution in [0.2, 0.25) is 0 Å². The molecule has 0 saturated heterocycles. The molecular formula is C2H3F3ORu. The van der Waals surface area contributed by atoms with Gasteiger partial charge in [0, 0.05) is 19.5 Å². The minimum atomic E-state index is -4.40. The predicted molar refractivity (Wildman–Crippen MR) is 13.1 cm³/mol. The Kier molecular flexibility index (Phi) is 5.02. The van der Waals surface area contributed by atoms with Crippen LogP contribution in [0.3, 0.4) is 0 Å². The SMILES string of the molecule is OCC(F)(F)F.[Ru]. The molecule has 1 N–H and O–H groups in total. The molecule has 0 radical (unpaired) electrons. The van der Waals surface area contributed by atoms with Gasteiger partial charge in [-0.3, -0.25) is 0 Å². The fraction of sp³-hybridized carbons (Fsp3) is 1.00. The van der Waals surface area contributed by atoms with Crippen molar-refractivity contribution in [1.29, 1.82) is 0 Å². The van der Waals surface area contributed by atoms with E-state index in [1.807, 2.05) is 0 Å². The molecule has 5 heteroatoms. The predicted octanol–water partition coefficient (Wildman–Crippen LogP) is 0.539. The maximum atomic E-state index is 10.5. The molecular weight excluding hydrogens is 198 g/mol. The molecule has 0 bridgehead atoms. The minimum Gasteiger partial charge on any atom is -0.387 e. The summed E-state index contributed by atoms with van der Waals surface area (Å²) in [5.74, 6) is 0. The van der Waals surface area contributed by atoms with Crippen LogP contribution in [0, 0.1) is 0 Å². The topological polar surface area (TPSA) is 20.2 Å². The number of hydrogen-bond donors (Lipinski definition) is 1. The molecule has 0 atom stereocenters. The van der Waals surface area contributed by atoms with E-state index in [1.165, 1.54) is 0 Å². The van der Waals surface area contributed by atoms with Crippen LogP contribution in [0.4, 0.5) is 13.2 Å². The molecule has 0 spiro atoms. The summed E-state index contributed by atoms with van der Waals surface area (Å²) in [6, 6.07) is 0. The standard InChI is InChI=1S/C2H3F3O.Ru/c3-2(4,5)1-6;/h6H,1H2;. The molecule has 0 amide bonds. The molecule has 0 aromatic heterocycles. The van der Waals surface area contributed by atoms with Gasteiger partial charge in [-0.15, -0.1) is 0 Å². The van der Waals surface area contributed by atoms with Crippen molar-refractivity contribution in [2.45, 2.75) is 6.18 Å². The number of aliphatic hydroxyl groups excluding tert-OH is 1. The Bertz CT molecular complexity index is 42.7. The van der Waals surface area contributed by atoms with Gasteiger partial charge in [0.05, 0.1) is 0 Å². The molecule has 0 unspecified atom stereocenters. The van der Waals surface area contributed by atoms with Crippen LogP contribution < -0.4 is 0 Å². The summed E-state index contributed by atoms with van der Waals surface area (Å²) in [4.78, 5) is 0. The number of aliphatic hydroxyl groups is 1. The first-order chi connectivity index (χ1) is 2.56. The Labute approximate surface area is 51.3 Å². The van der Waals surface area contributed by atoms with Gasteiger partial charge in [-0.05, 0) is 0 Å². The number of alkyl halides is 3.